The number of hydrogen-bond donors (Lipinski definition) is 2. The van der Waals surface area contributed by atoms with Crippen LogP contribution in [0, 0.1) is 17.7 Å². The molecular weight excluding hydrogens is 459 g/mol. The Labute approximate surface area is 179 Å². The lowest BCUT2D eigenvalue weighted by Crippen LogP contribution is -2.43. The zero-order valence-electron chi connectivity index (χ0n) is 16.3. The van der Waals surface area contributed by atoms with Crippen LogP contribution in [0.1, 0.15) is 43.5 Å². The van der Waals surface area contributed by atoms with Gasteiger partial charge in [-0.15, -0.1) is 0 Å². The molecule has 3 atom stereocenters. The van der Waals surface area contributed by atoms with E-state index in [0.717, 1.165) is 31.4 Å². The van der Waals surface area contributed by atoms with E-state index in [1.807, 2.05) is 6.92 Å². The lowest BCUT2D eigenvalue weighted by molar-refractivity contribution is 0.102. The van der Waals surface area contributed by atoms with Gasteiger partial charge in [0.2, 0.25) is 10.0 Å². The van der Waals surface area contributed by atoms with Gasteiger partial charge in [-0.05, 0) is 64.5 Å². The molecule has 0 heterocycles. The quantitative estimate of drug-likeness (QED) is 0.633. The first kappa shape index (κ1) is 21.9. The minimum absolute atomic E-state index is 0.124. The van der Waals surface area contributed by atoms with E-state index >= 15 is 0 Å². The molecule has 0 aliphatic heterocycles. The Morgan fingerprint density at radius 1 is 1.14 bits per heavy atom. The molecule has 0 radical (unpaired) electrons. The summed E-state index contributed by atoms with van der Waals surface area (Å²) in [5, 5.41) is 2.60. The number of para-hydroxylation sites is 1. The van der Waals surface area contributed by atoms with E-state index in [2.05, 4.69) is 32.9 Å². The lowest BCUT2D eigenvalue weighted by atomic mass is 9.78. The molecule has 5 nitrogen and oxygen atoms in total. The molecule has 2 N–H and O–H groups in total. The molecule has 1 saturated carbocycles. The summed E-state index contributed by atoms with van der Waals surface area (Å²) in [7, 11) is -3.88. The van der Waals surface area contributed by atoms with Gasteiger partial charge < -0.3 is 5.32 Å². The van der Waals surface area contributed by atoms with Crippen LogP contribution in [0.5, 0.6) is 0 Å². The molecule has 2 aromatic carbocycles. The molecule has 1 fully saturated rings. The van der Waals surface area contributed by atoms with Crippen molar-refractivity contribution in [3.8, 4) is 0 Å². The maximum Gasteiger partial charge on any atom is 0.258 e. The topological polar surface area (TPSA) is 75.3 Å². The number of nitrogens with one attached hydrogen (secondary N) is 2. The predicted molar refractivity (Wildman–Crippen MR) is 115 cm³/mol. The van der Waals surface area contributed by atoms with Crippen LogP contribution < -0.4 is 10.0 Å². The highest BCUT2D eigenvalue weighted by molar-refractivity contribution is 9.10. The van der Waals surface area contributed by atoms with Crippen LogP contribution in [-0.4, -0.2) is 20.4 Å². The molecule has 0 saturated heterocycles. The molecule has 1 aliphatic carbocycles. The minimum Gasteiger partial charge on any atom is -0.321 e. The van der Waals surface area contributed by atoms with Crippen molar-refractivity contribution in [2.75, 3.05) is 5.32 Å². The highest BCUT2D eigenvalue weighted by Crippen LogP contribution is 2.30. The second-order valence-electron chi connectivity index (χ2n) is 7.57. The fourth-order valence-corrected chi connectivity index (χ4v) is 5.38. The van der Waals surface area contributed by atoms with Gasteiger partial charge in [-0.1, -0.05) is 38.8 Å². The summed E-state index contributed by atoms with van der Waals surface area (Å²) in [5.41, 5.74) is 0.141. The average Bonchev–Trinajstić information content (AvgIpc) is 2.67. The highest BCUT2D eigenvalue weighted by atomic mass is 79.9. The number of hydrogen-bond acceptors (Lipinski definition) is 3. The third kappa shape index (κ3) is 5.05. The molecule has 0 aromatic heterocycles. The Bertz CT molecular complexity index is 1010. The van der Waals surface area contributed by atoms with E-state index in [0.29, 0.717) is 16.1 Å². The van der Waals surface area contributed by atoms with Gasteiger partial charge in [0.25, 0.3) is 5.91 Å². The molecule has 2 aromatic rings. The molecule has 3 unspecified atom stereocenters. The zero-order valence-corrected chi connectivity index (χ0v) is 18.7. The number of benzene rings is 2. The van der Waals surface area contributed by atoms with Crippen molar-refractivity contribution in [2.24, 2.45) is 11.8 Å². The summed E-state index contributed by atoms with van der Waals surface area (Å²) in [6.07, 6.45) is 2.80. The van der Waals surface area contributed by atoms with Gasteiger partial charge in [0.15, 0.2) is 0 Å². The van der Waals surface area contributed by atoms with Crippen molar-refractivity contribution in [3.63, 3.8) is 0 Å². The maximum absolute atomic E-state index is 14.3. The predicted octanol–water partition coefficient (Wildman–Crippen LogP) is 4.94. The zero-order chi connectivity index (χ0) is 21.2. The second kappa shape index (κ2) is 8.93. The van der Waals surface area contributed by atoms with Crippen LogP contribution in [0.25, 0.3) is 0 Å². The third-order valence-corrected chi connectivity index (χ3v) is 7.81. The van der Waals surface area contributed by atoms with Crippen molar-refractivity contribution < 1.29 is 17.6 Å². The SMILES string of the molecule is CC1CCCC(NS(=O)(=O)c2ccc(F)c(C(=O)Nc3ccccc3Br)c2)C1C. The molecule has 3 rings (SSSR count). The summed E-state index contributed by atoms with van der Waals surface area (Å²) in [6.45, 7) is 4.16. The summed E-state index contributed by atoms with van der Waals surface area (Å²) in [5.74, 6) is -0.869. The normalized spacial score (nSPS) is 22.3. The van der Waals surface area contributed by atoms with Gasteiger partial charge >= 0.3 is 0 Å². The van der Waals surface area contributed by atoms with E-state index in [1.165, 1.54) is 6.07 Å². The number of anilines is 1. The molecular formula is C21H24BrFN2O3S. The fourth-order valence-electron chi connectivity index (χ4n) is 3.61. The van der Waals surface area contributed by atoms with E-state index in [-0.39, 0.29) is 22.4 Å². The number of carbonyl (C=O) groups is 1. The summed E-state index contributed by atoms with van der Waals surface area (Å²) >= 11 is 3.31. The molecule has 8 heteroatoms. The standard InChI is InChI=1S/C21H24BrFN2O3S/c1-13-6-5-9-19(14(13)2)25-29(27,28)15-10-11-18(23)16(12-15)21(26)24-20-8-4-3-7-17(20)22/h3-4,7-8,10-14,19,25H,5-6,9H2,1-2H3,(H,24,26). The smallest absolute Gasteiger partial charge is 0.258 e. The third-order valence-electron chi connectivity index (χ3n) is 5.63. The Hall–Kier alpha value is -1.77. The van der Waals surface area contributed by atoms with Gasteiger partial charge in [0.05, 0.1) is 16.1 Å². The first-order valence-electron chi connectivity index (χ1n) is 9.57. The summed E-state index contributed by atoms with van der Waals surface area (Å²) in [4.78, 5) is 12.4. The summed E-state index contributed by atoms with van der Waals surface area (Å²) < 4.78 is 43.4. The highest BCUT2D eigenvalue weighted by Gasteiger charge is 2.31. The van der Waals surface area contributed by atoms with E-state index in [9.17, 15) is 17.6 Å². The van der Waals surface area contributed by atoms with Crippen molar-refractivity contribution >= 4 is 37.5 Å². The largest absolute Gasteiger partial charge is 0.321 e. The van der Waals surface area contributed by atoms with Crippen molar-refractivity contribution in [2.45, 2.75) is 44.0 Å². The van der Waals surface area contributed by atoms with E-state index < -0.39 is 21.7 Å². The number of sulfonamides is 1. The van der Waals surface area contributed by atoms with Crippen LogP contribution >= 0.6 is 15.9 Å². The van der Waals surface area contributed by atoms with Crippen LogP contribution in [0.15, 0.2) is 51.8 Å². The number of carbonyl (C=O) groups excluding carboxylic acids is 1. The first-order valence-corrected chi connectivity index (χ1v) is 11.8. The van der Waals surface area contributed by atoms with Crippen LogP contribution in [-0.2, 0) is 10.0 Å². The fraction of sp³-hybridized carbons (Fsp3) is 0.381. The molecule has 156 valence electrons. The van der Waals surface area contributed by atoms with Crippen LogP contribution in [0.4, 0.5) is 10.1 Å². The van der Waals surface area contributed by atoms with E-state index in [1.54, 1.807) is 24.3 Å². The first-order chi connectivity index (χ1) is 13.7. The van der Waals surface area contributed by atoms with Gasteiger partial charge in [-0.25, -0.2) is 17.5 Å². The monoisotopic (exact) mass is 482 g/mol. The Morgan fingerprint density at radius 3 is 2.59 bits per heavy atom. The van der Waals surface area contributed by atoms with Gasteiger partial charge in [0.1, 0.15) is 5.82 Å². The van der Waals surface area contributed by atoms with Gasteiger partial charge in [-0.3, -0.25) is 4.79 Å². The molecule has 0 spiro atoms. The van der Waals surface area contributed by atoms with E-state index in [4.69, 9.17) is 0 Å². The van der Waals surface area contributed by atoms with Crippen molar-refractivity contribution in [1.29, 1.82) is 0 Å². The number of rotatable bonds is 5. The Morgan fingerprint density at radius 2 is 1.86 bits per heavy atom. The average molecular weight is 483 g/mol. The van der Waals surface area contributed by atoms with Gasteiger partial charge in [-0.2, -0.15) is 0 Å². The molecule has 29 heavy (non-hydrogen) atoms. The van der Waals surface area contributed by atoms with Crippen molar-refractivity contribution in [3.05, 3.63) is 58.3 Å². The van der Waals surface area contributed by atoms with Gasteiger partial charge in [0, 0.05) is 10.5 Å². The van der Waals surface area contributed by atoms with Crippen molar-refractivity contribution in [1.82, 2.24) is 4.72 Å². The molecule has 0 bridgehead atoms. The second-order valence-corrected chi connectivity index (χ2v) is 10.1. The number of halogens is 2. The number of amides is 1. The Kier molecular flexibility index (Phi) is 6.76. The Balaban J connectivity index is 1.84. The maximum atomic E-state index is 14.3. The van der Waals surface area contributed by atoms with Crippen LogP contribution in [0.3, 0.4) is 0 Å². The molecule has 1 aliphatic rings. The molecule has 1 amide bonds. The van der Waals surface area contributed by atoms with Crippen LogP contribution in [0.2, 0.25) is 0 Å². The minimum atomic E-state index is -3.88. The summed E-state index contributed by atoms with van der Waals surface area (Å²) in [6, 6.07) is 10.0. The lowest BCUT2D eigenvalue weighted by Gasteiger charge is -2.34.